The predicted molar refractivity (Wildman–Crippen MR) is 171 cm³/mol. The van der Waals surface area contributed by atoms with Crippen molar-refractivity contribution in [1.29, 1.82) is 0 Å². The summed E-state index contributed by atoms with van der Waals surface area (Å²) in [5.74, 6) is 0.558. The van der Waals surface area contributed by atoms with Crippen molar-refractivity contribution in [2.24, 2.45) is 5.92 Å². The molecule has 0 aliphatic heterocycles. The van der Waals surface area contributed by atoms with Gasteiger partial charge in [-0.1, -0.05) is 38.3 Å². The van der Waals surface area contributed by atoms with Gasteiger partial charge in [0.05, 0.1) is 21.8 Å². The molecule has 0 atom stereocenters. The molecule has 0 unspecified atom stereocenters. The lowest BCUT2D eigenvalue weighted by atomic mass is 9.83. The molecule has 5 aromatic rings. The molecule has 5 nitrogen and oxygen atoms in total. The monoisotopic (exact) mass is 543 g/mol. The van der Waals surface area contributed by atoms with Crippen LogP contribution in [0.2, 0.25) is 0 Å². The zero-order valence-corrected chi connectivity index (χ0v) is 23.8. The molecule has 1 fully saturated rings. The number of allylic oxidation sites excluding steroid dienone is 6. The maximum absolute atomic E-state index is 4.73. The molecule has 0 bridgehead atoms. The number of aromatic nitrogens is 4. The van der Waals surface area contributed by atoms with E-state index >= 15 is 0 Å². The van der Waals surface area contributed by atoms with Gasteiger partial charge in [0.1, 0.15) is 5.69 Å². The van der Waals surface area contributed by atoms with Gasteiger partial charge in [-0.25, -0.2) is 0 Å². The Morgan fingerprint density at radius 1 is 1.05 bits per heavy atom. The summed E-state index contributed by atoms with van der Waals surface area (Å²) in [6, 6.07) is 14.8. The first-order valence-electron chi connectivity index (χ1n) is 13.6. The third kappa shape index (κ3) is 4.75. The smallest absolute Gasteiger partial charge is 0.116 e. The van der Waals surface area contributed by atoms with Gasteiger partial charge in [0.25, 0.3) is 0 Å². The molecule has 4 heterocycles. The molecule has 6 rings (SSSR count). The molecule has 1 aliphatic carbocycles. The molecule has 0 spiro atoms. The van der Waals surface area contributed by atoms with E-state index < -0.39 is 0 Å². The topological polar surface area (TPSA) is 69.4 Å². The Hall–Kier alpha value is -4.42. The molecule has 40 heavy (non-hydrogen) atoms. The quantitative estimate of drug-likeness (QED) is 0.162. The summed E-state index contributed by atoms with van der Waals surface area (Å²) in [5, 5.41) is 13.5. The van der Waals surface area contributed by atoms with Crippen LogP contribution in [0.5, 0.6) is 0 Å². The van der Waals surface area contributed by atoms with Crippen LogP contribution in [0.1, 0.15) is 43.6 Å². The molecule has 0 radical (unpaired) electrons. The van der Waals surface area contributed by atoms with E-state index in [0.29, 0.717) is 5.92 Å². The summed E-state index contributed by atoms with van der Waals surface area (Å²) in [5.41, 5.74) is 10.1. The molecular weight excluding hydrogens is 510 g/mol. The standard InChI is InChI=1S/C34H33N5S/c1-6-22(17-25(7-2)36-21(5)23-9-8-10-23)24-11-12-29-26(18-24)33(39-38-29)30-19-27-28(37-30)15-16-35-34(27)32-14-13-31(40-32)20(3)4/h6-7,11-19,23,36-37H,2-3,5,8-10H2,1,4H3,(H,38,39)/b22-6+,25-17+. The van der Waals surface area contributed by atoms with Crippen molar-refractivity contribution >= 4 is 44.3 Å². The van der Waals surface area contributed by atoms with Crippen LogP contribution in [0, 0.1) is 5.92 Å². The van der Waals surface area contributed by atoms with E-state index in [2.05, 4.69) is 90.6 Å². The summed E-state index contributed by atoms with van der Waals surface area (Å²) in [4.78, 5) is 10.6. The molecule has 1 aliphatic rings. The van der Waals surface area contributed by atoms with Crippen LogP contribution in [0.3, 0.4) is 0 Å². The number of rotatable bonds is 9. The lowest BCUT2D eigenvalue weighted by molar-refractivity contribution is 0.356. The fraction of sp³-hybridized carbons (Fsp3) is 0.176. The average molecular weight is 544 g/mol. The predicted octanol–water partition coefficient (Wildman–Crippen LogP) is 9.24. The van der Waals surface area contributed by atoms with Gasteiger partial charge in [0.15, 0.2) is 0 Å². The fourth-order valence-corrected chi connectivity index (χ4v) is 6.10. The number of hydrogen-bond donors (Lipinski definition) is 3. The van der Waals surface area contributed by atoms with Gasteiger partial charge in [-0.15, -0.1) is 11.3 Å². The summed E-state index contributed by atoms with van der Waals surface area (Å²) in [7, 11) is 0. The lowest BCUT2D eigenvalue weighted by Gasteiger charge is -2.28. The Morgan fingerprint density at radius 3 is 2.58 bits per heavy atom. The summed E-state index contributed by atoms with van der Waals surface area (Å²) >= 11 is 1.71. The minimum Gasteiger partial charge on any atom is -0.359 e. The number of thiophene rings is 1. The van der Waals surface area contributed by atoms with Gasteiger partial charge < -0.3 is 10.3 Å². The first-order chi connectivity index (χ1) is 19.4. The number of hydrogen-bond acceptors (Lipinski definition) is 4. The molecule has 1 aromatic carbocycles. The zero-order chi connectivity index (χ0) is 27.8. The summed E-state index contributed by atoms with van der Waals surface area (Å²) in [6.07, 6.45) is 11.7. The average Bonchev–Trinajstić information content (AvgIpc) is 3.67. The van der Waals surface area contributed by atoms with Crippen LogP contribution < -0.4 is 5.32 Å². The van der Waals surface area contributed by atoms with Crippen molar-refractivity contribution in [3.05, 3.63) is 108 Å². The van der Waals surface area contributed by atoms with Gasteiger partial charge in [-0.05, 0) is 97.9 Å². The number of nitrogens with zero attached hydrogens (tertiary/aromatic N) is 2. The summed E-state index contributed by atoms with van der Waals surface area (Å²) < 4.78 is 0. The van der Waals surface area contributed by atoms with Crippen LogP contribution in [0.25, 0.3) is 54.9 Å². The zero-order valence-electron chi connectivity index (χ0n) is 23.0. The Labute approximate surface area is 238 Å². The first-order valence-corrected chi connectivity index (χ1v) is 14.5. The number of fused-ring (bicyclic) bond motifs is 2. The van der Waals surface area contributed by atoms with Crippen LogP contribution in [-0.4, -0.2) is 20.2 Å². The second-order valence-corrected chi connectivity index (χ2v) is 11.5. The molecule has 200 valence electrons. The molecule has 1 saturated carbocycles. The van der Waals surface area contributed by atoms with Gasteiger partial charge in [-0.2, -0.15) is 5.10 Å². The Kier molecular flexibility index (Phi) is 6.86. The fourth-order valence-electron chi connectivity index (χ4n) is 5.16. The number of benzene rings is 1. The minimum atomic E-state index is 0.558. The third-order valence-electron chi connectivity index (χ3n) is 7.70. The van der Waals surface area contributed by atoms with Gasteiger partial charge >= 0.3 is 0 Å². The van der Waals surface area contributed by atoms with E-state index in [0.717, 1.165) is 71.9 Å². The molecule has 3 N–H and O–H groups in total. The van der Waals surface area contributed by atoms with Gasteiger partial charge in [0.2, 0.25) is 0 Å². The Morgan fingerprint density at radius 2 is 1.88 bits per heavy atom. The molecule has 0 amide bonds. The van der Waals surface area contributed by atoms with Crippen molar-refractivity contribution in [3.63, 3.8) is 0 Å². The molecule has 4 aromatic heterocycles. The van der Waals surface area contributed by atoms with Crippen LogP contribution in [0.15, 0.2) is 98.0 Å². The van der Waals surface area contributed by atoms with Crippen molar-refractivity contribution < 1.29 is 0 Å². The van der Waals surface area contributed by atoms with Crippen LogP contribution >= 0.6 is 11.3 Å². The summed E-state index contributed by atoms with van der Waals surface area (Å²) in [6.45, 7) is 16.5. The highest BCUT2D eigenvalue weighted by Crippen LogP contribution is 2.37. The minimum absolute atomic E-state index is 0.558. The molecule has 0 saturated heterocycles. The number of nitrogens with one attached hydrogen (secondary N) is 3. The highest BCUT2D eigenvalue weighted by molar-refractivity contribution is 7.16. The van der Waals surface area contributed by atoms with Crippen molar-refractivity contribution in [1.82, 2.24) is 25.5 Å². The van der Waals surface area contributed by atoms with Crippen molar-refractivity contribution in [3.8, 4) is 22.0 Å². The van der Waals surface area contributed by atoms with E-state index in [4.69, 9.17) is 10.1 Å². The van der Waals surface area contributed by atoms with Gasteiger partial charge in [0, 0.05) is 38.8 Å². The third-order valence-corrected chi connectivity index (χ3v) is 8.96. The Balaban J connectivity index is 1.36. The van der Waals surface area contributed by atoms with E-state index in [-0.39, 0.29) is 0 Å². The van der Waals surface area contributed by atoms with E-state index in [1.54, 1.807) is 11.3 Å². The van der Waals surface area contributed by atoms with Crippen molar-refractivity contribution in [2.75, 3.05) is 0 Å². The maximum Gasteiger partial charge on any atom is 0.116 e. The maximum atomic E-state index is 4.73. The highest BCUT2D eigenvalue weighted by atomic mass is 32.1. The van der Waals surface area contributed by atoms with Crippen LogP contribution in [0.4, 0.5) is 0 Å². The normalized spacial score (nSPS) is 14.4. The van der Waals surface area contributed by atoms with E-state index in [9.17, 15) is 0 Å². The largest absolute Gasteiger partial charge is 0.359 e. The lowest BCUT2D eigenvalue weighted by Crippen LogP contribution is -2.23. The molecular formula is C34H33N5S. The second-order valence-electron chi connectivity index (χ2n) is 10.4. The SMILES string of the molecule is C=C/C(=C\C(=C/C)c1ccc2[nH]nc(-c3cc4c(-c5ccc(C(=C)C)s5)nccc4[nH]3)c2c1)NC(=C)C1CCC1. The number of pyridine rings is 1. The van der Waals surface area contributed by atoms with Crippen molar-refractivity contribution in [2.45, 2.75) is 33.1 Å². The van der Waals surface area contributed by atoms with E-state index in [1.165, 1.54) is 24.1 Å². The number of H-pyrrole nitrogens is 2. The van der Waals surface area contributed by atoms with Crippen LogP contribution in [-0.2, 0) is 0 Å². The Bertz CT molecular complexity index is 1840. The van der Waals surface area contributed by atoms with Gasteiger partial charge in [-0.3, -0.25) is 10.1 Å². The molecule has 6 heteroatoms. The van der Waals surface area contributed by atoms with E-state index in [1.807, 2.05) is 25.3 Å². The highest BCUT2D eigenvalue weighted by Gasteiger charge is 2.21. The first kappa shape index (κ1) is 25.8. The number of aromatic amines is 2. The second kappa shape index (κ2) is 10.6.